The van der Waals surface area contributed by atoms with Crippen LogP contribution in [0.25, 0.3) is 0 Å². The first-order valence-electron chi connectivity index (χ1n) is 6.43. The lowest BCUT2D eigenvalue weighted by molar-refractivity contribution is -0.124. The highest BCUT2D eigenvalue weighted by atomic mass is 19.1. The summed E-state index contributed by atoms with van der Waals surface area (Å²) in [5.41, 5.74) is 6.81. The van der Waals surface area contributed by atoms with Gasteiger partial charge in [0, 0.05) is 18.5 Å². The van der Waals surface area contributed by atoms with Gasteiger partial charge < -0.3 is 11.1 Å². The van der Waals surface area contributed by atoms with Crippen molar-refractivity contribution in [3.63, 3.8) is 0 Å². The molecule has 1 aromatic carbocycles. The van der Waals surface area contributed by atoms with Gasteiger partial charge in [-0.1, -0.05) is 12.1 Å². The topological polar surface area (TPSA) is 55.1 Å². The van der Waals surface area contributed by atoms with Gasteiger partial charge in [0.1, 0.15) is 5.82 Å². The van der Waals surface area contributed by atoms with Crippen molar-refractivity contribution in [1.29, 1.82) is 0 Å². The molecule has 1 amide bonds. The van der Waals surface area contributed by atoms with Crippen molar-refractivity contribution in [2.75, 3.05) is 6.54 Å². The van der Waals surface area contributed by atoms with Crippen LogP contribution in [0.2, 0.25) is 0 Å². The van der Waals surface area contributed by atoms with Gasteiger partial charge in [0.05, 0.1) is 0 Å². The summed E-state index contributed by atoms with van der Waals surface area (Å²) in [5.74, 6) is -0.0546. The fourth-order valence-electron chi connectivity index (χ4n) is 2.38. The molecule has 0 spiro atoms. The first-order chi connectivity index (χ1) is 8.65. The van der Waals surface area contributed by atoms with Gasteiger partial charge in [-0.3, -0.25) is 4.79 Å². The minimum absolute atomic E-state index is 0.0771. The van der Waals surface area contributed by atoms with E-state index in [1.165, 1.54) is 12.1 Å². The van der Waals surface area contributed by atoms with Gasteiger partial charge in [-0.15, -0.1) is 0 Å². The molecule has 4 heteroatoms. The Morgan fingerprint density at radius 2 is 2.06 bits per heavy atom. The van der Waals surface area contributed by atoms with E-state index in [2.05, 4.69) is 5.32 Å². The average molecular weight is 250 g/mol. The Morgan fingerprint density at radius 3 is 2.67 bits per heavy atom. The standard InChI is InChI=1S/C14H19FN2O/c15-12-4-1-10(2-5-12)7-8-17-14(18)11-3-6-13(16)9-11/h1-2,4-5,11,13H,3,6-9,16H2,(H,17,18). The molecule has 0 aliphatic heterocycles. The molecule has 1 aromatic rings. The van der Waals surface area contributed by atoms with Crippen LogP contribution in [0.3, 0.4) is 0 Å². The first kappa shape index (κ1) is 13.0. The normalized spacial score (nSPS) is 23.0. The van der Waals surface area contributed by atoms with Crippen molar-refractivity contribution in [2.24, 2.45) is 11.7 Å². The fourth-order valence-corrected chi connectivity index (χ4v) is 2.38. The van der Waals surface area contributed by atoms with Gasteiger partial charge in [0.25, 0.3) is 0 Å². The number of nitrogens with one attached hydrogen (secondary N) is 1. The molecule has 2 rings (SSSR count). The van der Waals surface area contributed by atoms with Crippen LogP contribution < -0.4 is 11.1 Å². The van der Waals surface area contributed by atoms with E-state index >= 15 is 0 Å². The lowest BCUT2D eigenvalue weighted by Crippen LogP contribution is -2.31. The third-order valence-corrected chi connectivity index (χ3v) is 3.47. The lowest BCUT2D eigenvalue weighted by atomic mass is 10.1. The smallest absolute Gasteiger partial charge is 0.223 e. The summed E-state index contributed by atoms with van der Waals surface area (Å²) in [6.07, 6.45) is 3.35. The van der Waals surface area contributed by atoms with Gasteiger partial charge in [0.15, 0.2) is 0 Å². The Bertz CT molecular complexity index is 405. The van der Waals surface area contributed by atoms with Gasteiger partial charge in [-0.25, -0.2) is 4.39 Å². The molecule has 3 N–H and O–H groups in total. The minimum atomic E-state index is -0.234. The second kappa shape index (κ2) is 5.96. The molecule has 98 valence electrons. The van der Waals surface area contributed by atoms with E-state index in [1.807, 2.05) is 0 Å². The predicted octanol–water partition coefficient (Wildman–Crippen LogP) is 1.61. The van der Waals surface area contributed by atoms with Gasteiger partial charge in [-0.2, -0.15) is 0 Å². The van der Waals surface area contributed by atoms with Crippen molar-refractivity contribution in [3.8, 4) is 0 Å². The highest BCUT2D eigenvalue weighted by molar-refractivity contribution is 5.79. The zero-order chi connectivity index (χ0) is 13.0. The van der Waals surface area contributed by atoms with Crippen molar-refractivity contribution in [2.45, 2.75) is 31.7 Å². The summed E-state index contributed by atoms with van der Waals surface area (Å²) < 4.78 is 12.7. The lowest BCUT2D eigenvalue weighted by Gasteiger charge is -2.10. The molecular weight excluding hydrogens is 231 g/mol. The number of amides is 1. The highest BCUT2D eigenvalue weighted by Gasteiger charge is 2.27. The SMILES string of the molecule is NC1CCC(C(=O)NCCc2ccc(F)cc2)C1. The largest absolute Gasteiger partial charge is 0.356 e. The molecule has 2 unspecified atom stereocenters. The molecule has 1 aliphatic carbocycles. The second-order valence-corrected chi connectivity index (χ2v) is 4.94. The number of benzene rings is 1. The monoisotopic (exact) mass is 250 g/mol. The van der Waals surface area contributed by atoms with Crippen molar-refractivity contribution < 1.29 is 9.18 Å². The van der Waals surface area contributed by atoms with Crippen LogP contribution in [0, 0.1) is 11.7 Å². The van der Waals surface area contributed by atoms with Crippen molar-refractivity contribution in [3.05, 3.63) is 35.6 Å². The van der Waals surface area contributed by atoms with Crippen molar-refractivity contribution in [1.82, 2.24) is 5.32 Å². The number of nitrogens with two attached hydrogens (primary N) is 1. The van der Waals surface area contributed by atoms with Gasteiger partial charge in [-0.05, 0) is 43.4 Å². The number of hydrogen-bond donors (Lipinski definition) is 2. The maximum absolute atomic E-state index is 12.7. The summed E-state index contributed by atoms with van der Waals surface area (Å²) in [5, 5.41) is 2.92. The Hall–Kier alpha value is -1.42. The molecule has 0 saturated heterocycles. The first-order valence-corrected chi connectivity index (χ1v) is 6.43. The molecule has 18 heavy (non-hydrogen) atoms. The molecule has 0 radical (unpaired) electrons. The summed E-state index contributed by atoms with van der Waals surface area (Å²) in [4.78, 5) is 11.8. The summed E-state index contributed by atoms with van der Waals surface area (Å²) in [6.45, 7) is 0.593. The number of rotatable bonds is 4. The van der Waals surface area contributed by atoms with E-state index in [4.69, 9.17) is 5.73 Å². The molecular formula is C14H19FN2O. The zero-order valence-electron chi connectivity index (χ0n) is 10.4. The van der Waals surface area contributed by atoms with Crippen LogP contribution in [0.4, 0.5) is 4.39 Å². The molecule has 0 heterocycles. The number of hydrogen-bond acceptors (Lipinski definition) is 2. The number of carbonyl (C=O) groups is 1. The maximum Gasteiger partial charge on any atom is 0.223 e. The van der Waals surface area contributed by atoms with Crippen LogP contribution in [-0.4, -0.2) is 18.5 Å². The van der Waals surface area contributed by atoms with Gasteiger partial charge in [0.2, 0.25) is 5.91 Å². The quantitative estimate of drug-likeness (QED) is 0.853. The van der Waals surface area contributed by atoms with E-state index in [1.54, 1.807) is 12.1 Å². The second-order valence-electron chi connectivity index (χ2n) is 4.94. The summed E-state index contributed by atoms with van der Waals surface area (Å²) in [6, 6.07) is 6.54. The number of carbonyl (C=O) groups excluding carboxylic acids is 1. The number of halogens is 1. The average Bonchev–Trinajstić information content (AvgIpc) is 2.78. The Morgan fingerprint density at radius 1 is 1.33 bits per heavy atom. The third kappa shape index (κ3) is 3.53. The predicted molar refractivity (Wildman–Crippen MR) is 68.4 cm³/mol. The zero-order valence-corrected chi connectivity index (χ0v) is 10.4. The molecule has 1 saturated carbocycles. The van der Waals surface area contributed by atoms with Crippen LogP contribution >= 0.6 is 0 Å². The van der Waals surface area contributed by atoms with Gasteiger partial charge >= 0.3 is 0 Å². The third-order valence-electron chi connectivity index (χ3n) is 3.47. The minimum Gasteiger partial charge on any atom is -0.356 e. The fraction of sp³-hybridized carbons (Fsp3) is 0.500. The van der Waals surface area contributed by atoms with Crippen molar-refractivity contribution >= 4 is 5.91 Å². The summed E-state index contributed by atoms with van der Waals surface area (Å²) >= 11 is 0. The molecule has 3 nitrogen and oxygen atoms in total. The molecule has 1 fully saturated rings. The van der Waals surface area contributed by atoms with Crippen LogP contribution in [0.5, 0.6) is 0 Å². The molecule has 1 aliphatic rings. The van der Waals surface area contributed by atoms with E-state index in [9.17, 15) is 9.18 Å². The highest BCUT2D eigenvalue weighted by Crippen LogP contribution is 2.23. The van der Waals surface area contributed by atoms with Crippen LogP contribution in [0.1, 0.15) is 24.8 Å². The Kier molecular flexibility index (Phi) is 4.31. The molecule has 2 atom stereocenters. The Balaban J connectivity index is 1.72. The van der Waals surface area contributed by atoms with Crippen LogP contribution in [-0.2, 0) is 11.2 Å². The van der Waals surface area contributed by atoms with E-state index in [0.29, 0.717) is 6.54 Å². The van der Waals surface area contributed by atoms with E-state index in [0.717, 1.165) is 31.2 Å². The Labute approximate surface area is 107 Å². The van der Waals surface area contributed by atoms with E-state index in [-0.39, 0.29) is 23.7 Å². The van der Waals surface area contributed by atoms with Crippen LogP contribution in [0.15, 0.2) is 24.3 Å². The molecule has 0 aromatic heterocycles. The molecule has 0 bridgehead atoms. The van der Waals surface area contributed by atoms with E-state index < -0.39 is 0 Å². The maximum atomic E-state index is 12.7. The summed E-state index contributed by atoms with van der Waals surface area (Å²) in [7, 11) is 0.